The minimum atomic E-state index is -2.97. The maximum absolute atomic E-state index is 12.7. The molecule has 1 saturated heterocycles. The molecule has 0 unspecified atom stereocenters. The van der Waals surface area contributed by atoms with Gasteiger partial charge in [-0.25, -0.2) is 13.6 Å². The first-order valence-corrected chi connectivity index (χ1v) is 6.90. The van der Waals surface area contributed by atoms with Crippen LogP contribution < -0.4 is 0 Å². The number of thioether (sulfide) groups is 1. The number of halogens is 2. The van der Waals surface area contributed by atoms with Crippen molar-refractivity contribution in [1.29, 1.82) is 0 Å². The Morgan fingerprint density at radius 1 is 1.52 bits per heavy atom. The Kier molecular flexibility index (Phi) is 4.81. The van der Waals surface area contributed by atoms with Gasteiger partial charge in [-0.05, 0) is 0 Å². The quantitative estimate of drug-likeness (QED) is 0.647. The molecule has 0 aromatic rings. The molecule has 0 spiro atoms. The van der Waals surface area contributed by atoms with Crippen molar-refractivity contribution in [1.82, 2.24) is 4.90 Å². The average Bonchev–Trinajstić information content (AvgIpc) is 2.83. The molecular weight excluding hydrogens is 310 g/mol. The molecule has 0 aromatic carbocycles. The summed E-state index contributed by atoms with van der Waals surface area (Å²) >= 11 is 0.819. The number of ether oxygens (including phenoxy) is 1. The average molecular weight is 324 g/mol. The normalized spacial score (nSPS) is 35.3. The van der Waals surface area contributed by atoms with Crippen LogP contribution in [-0.4, -0.2) is 74.2 Å². The molecule has 2 rings (SSSR count). The van der Waals surface area contributed by atoms with Crippen LogP contribution in [0.5, 0.6) is 0 Å². The maximum atomic E-state index is 12.7. The summed E-state index contributed by atoms with van der Waals surface area (Å²) in [5, 5.41) is 28.6. The van der Waals surface area contributed by atoms with E-state index < -0.39 is 42.3 Å². The lowest BCUT2D eigenvalue weighted by Gasteiger charge is -2.37. The van der Waals surface area contributed by atoms with E-state index in [1.165, 1.54) is 6.08 Å². The van der Waals surface area contributed by atoms with Crippen molar-refractivity contribution >= 4 is 23.0 Å². The second-order valence-corrected chi connectivity index (χ2v) is 5.55. The van der Waals surface area contributed by atoms with Crippen LogP contribution in [0.4, 0.5) is 13.6 Å². The molecule has 0 radical (unpaired) electrons. The highest BCUT2D eigenvalue weighted by atomic mass is 32.2. The van der Waals surface area contributed by atoms with E-state index in [-0.39, 0.29) is 11.7 Å². The molecule has 1 amide bonds. The Hall–Kier alpha value is -1.23. The molecule has 118 valence electrons. The third-order valence-electron chi connectivity index (χ3n) is 3.11. The van der Waals surface area contributed by atoms with E-state index in [0.717, 1.165) is 16.7 Å². The Morgan fingerprint density at radius 2 is 2.19 bits per heavy atom. The first kappa shape index (κ1) is 16.1. The van der Waals surface area contributed by atoms with Crippen LogP contribution in [-0.2, 0) is 4.74 Å². The second-order valence-electron chi connectivity index (χ2n) is 4.49. The number of aliphatic imine (C=N–C) groups is 1. The van der Waals surface area contributed by atoms with Gasteiger partial charge in [0, 0.05) is 6.54 Å². The molecule has 2 aliphatic heterocycles. The maximum Gasteiger partial charge on any atom is 0.413 e. The summed E-state index contributed by atoms with van der Waals surface area (Å²) in [4.78, 5) is 15.9. The number of carbonyl (C=O) groups is 1. The lowest BCUT2D eigenvalue weighted by Crippen LogP contribution is -2.56. The predicted molar refractivity (Wildman–Crippen MR) is 70.4 cm³/mol. The van der Waals surface area contributed by atoms with Crippen molar-refractivity contribution in [2.75, 3.05) is 6.54 Å². The third-order valence-corrected chi connectivity index (χ3v) is 4.27. The van der Waals surface area contributed by atoms with Gasteiger partial charge in [0.15, 0.2) is 5.17 Å². The van der Waals surface area contributed by atoms with Gasteiger partial charge in [-0.2, -0.15) is 0 Å². The summed E-state index contributed by atoms with van der Waals surface area (Å²) in [6.07, 6.45) is -8.09. The van der Waals surface area contributed by atoms with Gasteiger partial charge in [0.25, 0.3) is 6.43 Å². The van der Waals surface area contributed by atoms with Gasteiger partial charge in [-0.1, -0.05) is 17.8 Å². The van der Waals surface area contributed by atoms with E-state index in [4.69, 9.17) is 9.84 Å². The van der Waals surface area contributed by atoms with E-state index in [9.17, 15) is 23.8 Å². The fourth-order valence-corrected chi connectivity index (χ4v) is 3.29. The number of fused-ring (bicyclic) bond motifs is 1. The van der Waals surface area contributed by atoms with Crippen molar-refractivity contribution in [2.45, 2.75) is 36.2 Å². The van der Waals surface area contributed by atoms with Gasteiger partial charge in [-0.3, -0.25) is 9.89 Å². The number of rotatable bonds is 3. The zero-order valence-corrected chi connectivity index (χ0v) is 11.5. The zero-order valence-electron chi connectivity index (χ0n) is 10.7. The minimum Gasteiger partial charge on any atom is -0.465 e. The monoisotopic (exact) mass is 324 g/mol. The van der Waals surface area contributed by atoms with Crippen LogP contribution in [0, 0.1) is 0 Å². The SMILES string of the molecule is C=CCN(C(=O)O)C1=N[C@@H]2[C@@H](O)[C@H](O)[C@@H](C(F)F)O[C@@H]2S1. The van der Waals surface area contributed by atoms with E-state index in [2.05, 4.69) is 11.6 Å². The van der Waals surface area contributed by atoms with Crippen molar-refractivity contribution < 1.29 is 33.6 Å². The summed E-state index contributed by atoms with van der Waals surface area (Å²) in [5.41, 5.74) is -0.968. The van der Waals surface area contributed by atoms with Crippen molar-refractivity contribution in [3.05, 3.63) is 12.7 Å². The summed E-state index contributed by atoms with van der Waals surface area (Å²) in [6.45, 7) is 3.37. The van der Waals surface area contributed by atoms with Crippen molar-refractivity contribution in [3.8, 4) is 0 Å². The van der Waals surface area contributed by atoms with E-state index in [1.54, 1.807) is 0 Å². The van der Waals surface area contributed by atoms with Crippen LogP contribution in [0.25, 0.3) is 0 Å². The van der Waals surface area contributed by atoms with E-state index in [1.807, 2.05) is 0 Å². The molecular formula is C11H14F2N2O5S. The number of hydrogen-bond donors (Lipinski definition) is 3. The smallest absolute Gasteiger partial charge is 0.413 e. The Labute approximate surface area is 122 Å². The Balaban J connectivity index is 2.19. The summed E-state index contributed by atoms with van der Waals surface area (Å²) in [7, 11) is 0. The van der Waals surface area contributed by atoms with Gasteiger partial charge in [-0.15, -0.1) is 6.58 Å². The predicted octanol–water partition coefficient (Wildman–Crippen LogP) is 0.336. The summed E-state index contributed by atoms with van der Waals surface area (Å²) in [5.74, 6) is 0. The van der Waals surface area contributed by atoms with Gasteiger partial charge in [0.1, 0.15) is 29.8 Å². The highest BCUT2D eigenvalue weighted by Crippen LogP contribution is 2.38. The second kappa shape index (κ2) is 6.26. The highest BCUT2D eigenvalue weighted by molar-refractivity contribution is 8.14. The molecule has 2 heterocycles. The van der Waals surface area contributed by atoms with Gasteiger partial charge in [0.2, 0.25) is 0 Å². The van der Waals surface area contributed by atoms with Crippen LogP contribution >= 0.6 is 11.8 Å². The lowest BCUT2D eigenvalue weighted by molar-refractivity contribution is -0.193. The molecule has 0 aromatic heterocycles. The number of alkyl halides is 2. The molecule has 2 aliphatic rings. The number of aliphatic hydroxyl groups is 2. The largest absolute Gasteiger partial charge is 0.465 e. The molecule has 0 bridgehead atoms. The minimum absolute atomic E-state index is 0.0126. The van der Waals surface area contributed by atoms with Crippen LogP contribution in [0.3, 0.4) is 0 Å². The van der Waals surface area contributed by atoms with Gasteiger partial charge < -0.3 is 20.1 Å². The summed E-state index contributed by atoms with van der Waals surface area (Å²) < 4.78 is 30.5. The molecule has 10 heteroatoms. The standard InChI is InChI=1S/C11H14F2N2O5S/c1-2-3-15(11(18)19)10-14-4-5(16)6(17)7(8(12)13)20-9(4)21-10/h2,4-9,16-17H,1,3H2,(H,18,19)/t4-,5-,6+,7+,9-/m1/s1. The van der Waals surface area contributed by atoms with Gasteiger partial charge in [0.05, 0.1) is 0 Å². The number of carboxylic acid groups (broad SMARTS) is 1. The Bertz CT molecular complexity index is 464. The lowest BCUT2D eigenvalue weighted by atomic mass is 9.98. The van der Waals surface area contributed by atoms with E-state index >= 15 is 0 Å². The van der Waals surface area contributed by atoms with Crippen molar-refractivity contribution in [2.24, 2.45) is 4.99 Å². The molecule has 3 N–H and O–H groups in total. The number of hydrogen-bond acceptors (Lipinski definition) is 6. The highest BCUT2D eigenvalue weighted by Gasteiger charge is 2.51. The fourth-order valence-electron chi connectivity index (χ4n) is 2.08. The Morgan fingerprint density at radius 3 is 2.71 bits per heavy atom. The van der Waals surface area contributed by atoms with Crippen LogP contribution in [0.1, 0.15) is 0 Å². The molecule has 21 heavy (non-hydrogen) atoms. The molecule has 5 atom stereocenters. The van der Waals surface area contributed by atoms with Crippen LogP contribution in [0.15, 0.2) is 17.6 Å². The number of amides is 1. The molecule has 0 aliphatic carbocycles. The first-order valence-electron chi connectivity index (χ1n) is 6.02. The zero-order chi connectivity index (χ0) is 15.7. The topological polar surface area (TPSA) is 103 Å². The number of amidine groups is 1. The first-order chi connectivity index (χ1) is 9.86. The van der Waals surface area contributed by atoms with Gasteiger partial charge >= 0.3 is 6.09 Å². The molecule has 0 saturated carbocycles. The number of aliphatic hydroxyl groups excluding tert-OH is 2. The third kappa shape index (κ3) is 3.03. The van der Waals surface area contributed by atoms with Crippen molar-refractivity contribution in [3.63, 3.8) is 0 Å². The molecule has 7 nitrogen and oxygen atoms in total. The molecule has 1 fully saturated rings. The van der Waals surface area contributed by atoms with Crippen LogP contribution in [0.2, 0.25) is 0 Å². The summed E-state index contributed by atoms with van der Waals surface area (Å²) in [6, 6.07) is -0.998. The fraction of sp³-hybridized carbons (Fsp3) is 0.636. The number of nitrogens with zero attached hydrogens (tertiary/aromatic N) is 2. The van der Waals surface area contributed by atoms with E-state index in [0.29, 0.717) is 0 Å².